The summed E-state index contributed by atoms with van der Waals surface area (Å²) < 4.78 is 20.7. The number of hydrogen-bond acceptors (Lipinski definition) is 5. The number of carbonyl (C=O) groups is 1. The van der Waals surface area contributed by atoms with Gasteiger partial charge in [0.05, 0.1) is 21.8 Å². The molecule has 0 aliphatic carbocycles. The fraction of sp³-hybridized carbons (Fsp3) is 0.474. The second-order valence-corrected chi connectivity index (χ2v) is 11.1. The Kier molecular flexibility index (Phi) is 6.77. The number of nitrogens with zero attached hydrogens (tertiary/aromatic N) is 1. The van der Waals surface area contributed by atoms with Crippen molar-refractivity contribution in [3.8, 4) is 0 Å². The standard InChI is InChI=1S/C19H27N3O3S2/c1-18(2,3)25-17(23)21-16-20-12-14(26-16)15(13-10-8-7-9-11-13)22-27(24)19(4,5)6/h7-12,15,22H,1-6H3,(H,20,21,23). The van der Waals surface area contributed by atoms with E-state index in [0.29, 0.717) is 5.13 Å². The van der Waals surface area contributed by atoms with Crippen LogP contribution in [-0.2, 0) is 15.7 Å². The summed E-state index contributed by atoms with van der Waals surface area (Å²) in [5, 5.41) is 3.09. The minimum absolute atomic E-state index is 0.294. The maximum Gasteiger partial charge on any atom is 0.413 e. The van der Waals surface area contributed by atoms with Crippen LogP contribution in [0.5, 0.6) is 0 Å². The van der Waals surface area contributed by atoms with Gasteiger partial charge in [0.2, 0.25) is 0 Å². The van der Waals surface area contributed by atoms with Gasteiger partial charge in [-0.2, -0.15) is 0 Å². The van der Waals surface area contributed by atoms with E-state index in [4.69, 9.17) is 4.74 Å². The summed E-state index contributed by atoms with van der Waals surface area (Å²) in [4.78, 5) is 17.1. The number of aromatic nitrogens is 1. The predicted molar refractivity (Wildman–Crippen MR) is 111 cm³/mol. The van der Waals surface area contributed by atoms with Gasteiger partial charge >= 0.3 is 6.09 Å². The van der Waals surface area contributed by atoms with Crippen molar-refractivity contribution in [2.45, 2.75) is 57.9 Å². The quantitative estimate of drug-likeness (QED) is 0.754. The molecule has 27 heavy (non-hydrogen) atoms. The number of carbonyl (C=O) groups excluding carboxylic acids is 1. The van der Waals surface area contributed by atoms with Gasteiger partial charge in [-0.1, -0.05) is 41.7 Å². The Hall–Kier alpha value is -1.77. The van der Waals surface area contributed by atoms with E-state index in [2.05, 4.69) is 15.0 Å². The molecule has 6 nitrogen and oxygen atoms in total. The third-order valence-corrected chi connectivity index (χ3v) is 5.87. The Morgan fingerprint density at radius 2 is 1.78 bits per heavy atom. The minimum atomic E-state index is -1.27. The summed E-state index contributed by atoms with van der Waals surface area (Å²) in [6.45, 7) is 11.2. The number of thiazole rings is 1. The molecular weight excluding hydrogens is 382 g/mol. The molecule has 2 atom stereocenters. The molecule has 0 saturated carbocycles. The molecule has 0 radical (unpaired) electrons. The normalized spacial score (nSPS) is 14.4. The average molecular weight is 410 g/mol. The van der Waals surface area contributed by atoms with Crippen LogP contribution in [0.2, 0.25) is 0 Å². The highest BCUT2D eigenvalue weighted by molar-refractivity contribution is 7.84. The highest BCUT2D eigenvalue weighted by Gasteiger charge is 2.26. The molecule has 1 aromatic carbocycles. The molecule has 2 N–H and O–H groups in total. The molecule has 148 valence electrons. The Bertz CT molecular complexity index is 793. The van der Waals surface area contributed by atoms with Crippen molar-refractivity contribution < 1.29 is 13.7 Å². The smallest absolute Gasteiger partial charge is 0.413 e. The van der Waals surface area contributed by atoms with Crippen molar-refractivity contribution in [1.82, 2.24) is 9.71 Å². The summed E-state index contributed by atoms with van der Waals surface area (Å²) in [6.07, 6.45) is 1.13. The maximum absolute atomic E-state index is 12.7. The lowest BCUT2D eigenvalue weighted by molar-refractivity contribution is 0.0636. The first-order valence-corrected chi connectivity index (χ1v) is 10.6. The van der Waals surface area contributed by atoms with Crippen LogP contribution >= 0.6 is 11.3 Å². The Morgan fingerprint density at radius 1 is 1.15 bits per heavy atom. The van der Waals surface area contributed by atoms with Crippen molar-refractivity contribution in [2.75, 3.05) is 5.32 Å². The van der Waals surface area contributed by atoms with E-state index in [-0.39, 0.29) is 6.04 Å². The lowest BCUT2D eigenvalue weighted by Gasteiger charge is -2.23. The van der Waals surface area contributed by atoms with Gasteiger partial charge in [-0.15, -0.1) is 0 Å². The summed E-state index contributed by atoms with van der Waals surface area (Å²) in [6, 6.07) is 9.45. The highest BCUT2D eigenvalue weighted by atomic mass is 32.2. The van der Waals surface area contributed by atoms with Crippen LogP contribution < -0.4 is 10.0 Å². The van der Waals surface area contributed by atoms with Crippen molar-refractivity contribution in [2.24, 2.45) is 0 Å². The van der Waals surface area contributed by atoms with Crippen LogP contribution in [0.3, 0.4) is 0 Å². The molecule has 0 aliphatic rings. The topological polar surface area (TPSA) is 80.3 Å². The predicted octanol–water partition coefficient (Wildman–Crippen LogP) is 4.63. The van der Waals surface area contributed by atoms with Gasteiger partial charge in [0.15, 0.2) is 5.13 Å². The molecule has 1 amide bonds. The molecular formula is C19H27N3O3S2. The monoisotopic (exact) mass is 409 g/mol. The summed E-state index contributed by atoms with van der Waals surface area (Å²) in [5.41, 5.74) is 0.393. The van der Waals surface area contributed by atoms with Crippen LogP contribution in [0.25, 0.3) is 0 Å². The van der Waals surface area contributed by atoms with Crippen molar-refractivity contribution >= 4 is 33.5 Å². The van der Waals surface area contributed by atoms with Crippen molar-refractivity contribution in [1.29, 1.82) is 0 Å². The molecule has 0 aliphatic heterocycles. The van der Waals surface area contributed by atoms with Crippen LogP contribution in [0.4, 0.5) is 9.93 Å². The summed E-state index contributed by atoms with van der Waals surface area (Å²) >= 11 is 1.32. The summed E-state index contributed by atoms with van der Waals surface area (Å²) in [5.74, 6) is 0. The van der Waals surface area contributed by atoms with Crippen LogP contribution in [0.1, 0.15) is 58.0 Å². The zero-order valence-corrected chi connectivity index (χ0v) is 18.2. The van der Waals surface area contributed by atoms with E-state index in [9.17, 15) is 9.00 Å². The molecule has 1 aromatic heterocycles. The number of nitrogens with one attached hydrogen (secondary N) is 2. The fourth-order valence-corrected chi connectivity index (χ4v) is 3.88. The molecule has 0 fully saturated rings. The van der Waals surface area contributed by atoms with Gasteiger partial charge in [0.25, 0.3) is 0 Å². The van der Waals surface area contributed by atoms with Crippen LogP contribution in [-0.4, -0.2) is 25.6 Å². The molecule has 8 heteroatoms. The molecule has 2 unspecified atom stereocenters. The van der Waals surface area contributed by atoms with Gasteiger partial charge < -0.3 is 4.74 Å². The van der Waals surface area contributed by atoms with Crippen LogP contribution in [0.15, 0.2) is 36.5 Å². The minimum Gasteiger partial charge on any atom is -0.444 e. The number of benzene rings is 1. The first-order chi connectivity index (χ1) is 12.5. The average Bonchev–Trinajstić information content (AvgIpc) is 2.98. The van der Waals surface area contributed by atoms with Crippen molar-refractivity contribution in [3.05, 3.63) is 47.0 Å². The SMILES string of the molecule is CC(C)(C)OC(=O)Nc1ncc(C(NS(=O)C(C)(C)C)c2ccccc2)s1. The van der Waals surface area contributed by atoms with Crippen LogP contribution in [0, 0.1) is 0 Å². The maximum atomic E-state index is 12.7. The Morgan fingerprint density at radius 3 is 2.33 bits per heavy atom. The van der Waals surface area contributed by atoms with E-state index in [1.54, 1.807) is 27.0 Å². The zero-order chi connectivity index (χ0) is 20.2. The summed E-state index contributed by atoms with van der Waals surface area (Å²) in [7, 11) is -1.27. The third kappa shape index (κ3) is 6.71. The third-order valence-electron chi connectivity index (χ3n) is 3.33. The highest BCUT2D eigenvalue weighted by Crippen LogP contribution is 2.31. The molecule has 2 aromatic rings. The Balaban J connectivity index is 2.23. The lowest BCUT2D eigenvalue weighted by atomic mass is 10.1. The van der Waals surface area contributed by atoms with Gasteiger partial charge in [-0.3, -0.25) is 5.32 Å². The largest absolute Gasteiger partial charge is 0.444 e. The first-order valence-electron chi connectivity index (χ1n) is 8.64. The molecule has 1 heterocycles. The van der Waals surface area contributed by atoms with E-state index in [0.717, 1.165) is 10.4 Å². The van der Waals surface area contributed by atoms with E-state index >= 15 is 0 Å². The van der Waals surface area contributed by atoms with Gasteiger partial charge in [0, 0.05) is 11.1 Å². The van der Waals surface area contributed by atoms with Crippen molar-refractivity contribution in [3.63, 3.8) is 0 Å². The number of rotatable bonds is 5. The number of hydrogen-bond donors (Lipinski definition) is 2. The fourth-order valence-electron chi connectivity index (χ4n) is 2.09. The Labute approximate surface area is 167 Å². The van der Waals surface area contributed by atoms with E-state index in [1.807, 2.05) is 51.1 Å². The number of ether oxygens (including phenoxy) is 1. The number of anilines is 1. The second kappa shape index (κ2) is 8.50. The second-order valence-electron chi connectivity index (χ2n) is 8.04. The zero-order valence-electron chi connectivity index (χ0n) is 16.5. The molecule has 2 rings (SSSR count). The van der Waals surface area contributed by atoms with E-state index < -0.39 is 27.4 Å². The molecule has 0 saturated heterocycles. The first kappa shape index (κ1) is 21.5. The van der Waals surface area contributed by atoms with Gasteiger partial charge in [-0.05, 0) is 47.1 Å². The number of amides is 1. The van der Waals surface area contributed by atoms with Gasteiger partial charge in [0.1, 0.15) is 5.60 Å². The lowest BCUT2D eigenvalue weighted by Crippen LogP contribution is -2.35. The molecule has 0 bridgehead atoms. The molecule has 0 spiro atoms. The van der Waals surface area contributed by atoms with Gasteiger partial charge in [-0.25, -0.2) is 18.7 Å². The van der Waals surface area contributed by atoms with E-state index in [1.165, 1.54) is 11.3 Å².